The Kier molecular flexibility index (Phi) is 7.04. The minimum atomic E-state index is -4.18. The third kappa shape index (κ3) is 6.37. The van der Waals surface area contributed by atoms with Gasteiger partial charge in [-0.15, -0.1) is 0 Å². The van der Waals surface area contributed by atoms with Crippen LogP contribution in [0.2, 0.25) is 5.02 Å². The van der Waals surface area contributed by atoms with Gasteiger partial charge in [0.05, 0.1) is 12.6 Å². The fraction of sp³-hybridized carbons (Fsp3) is 0.0909. The van der Waals surface area contributed by atoms with Crippen LogP contribution >= 0.6 is 11.6 Å². The molecule has 160 valence electrons. The quantitative estimate of drug-likeness (QED) is 0.324. The summed E-state index contributed by atoms with van der Waals surface area (Å²) in [7, 11) is -4.18. The number of hydrogen-bond donors (Lipinski definition) is 1. The molecule has 0 heterocycles. The molecule has 0 fully saturated rings. The van der Waals surface area contributed by atoms with Crippen LogP contribution in [0.1, 0.15) is 16.7 Å². The highest BCUT2D eigenvalue weighted by molar-refractivity contribution is 7.87. The van der Waals surface area contributed by atoms with Crippen LogP contribution in [0.4, 0.5) is 4.39 Å². The van der Waals surface area contributed by atoms with Crippen LogP contribution in [-0.4, -0.2) is 20.5 Å². The zero-order valence-corrected chi connectivity index (χ0v) is 18.0. The highest BCUT2D eigenvalue weighted by Crippen LogP contribution is 2.23. The first-order valence-electron chi connectivity index (χ1n) is 9.10. The van der Waals surface area contributed by atoms with E-state index in [0.29, 0.717) is 10.6 Å². The molecule has 1 N–H and O–H groups in total. The highest BCUT2D eigenvalue weighted by Gasteiger charge is 2.18. The van der Waals surface area contributed by atoms with Gasteiger partial charge >= 0.3 is 10.1 Å². The molecule has 0 radical (unpaired) electrons. The van der Waals surface area contributed by atoms with Crippen molar-refractivity contribution < 1.29 is 21.8 Å². The highest BCUT2D eigenvalue weighted by atomic mass is 35.5. The maximum atomic E-state index is 13.7. The van der Waals surface area contributed by atoms with Crippen molar-refractivity contribution in [3.05, 3.63) is 94.3 Å². The first kappa shape index (κ1) is 22.5. The number of rotatable bonds is 7. The SMILES string of the molecule is Cc1ccc(S(=O)(=O)Oc2cc(F)ccc2/C=N/NC(=O)Cc2cccc(Cl)c2)cc1. The molecule has 0 spiro atoms. The summed E-state index contributed by atoms with van der Waals surface area (Å²) in [5, 5.41) is 4.32. The van der Waals surface area contributed by atoms with E-state index in [9.17, 15) is 17.6 Å². The molecular weight excluding hydrogens is 443 g/mol. The second-order valence-corrected chi connectivity index (χ2v) is 8.62. The van der Waals surface area contributed by atoms with Crippen LogP contribution in [-0.2, 0) is 21.3 Å². The monoisotopic (exact) mass is 460 g/mol. The average molecular weight is 461 g/mol. The zero-order valence-electron chi connectivity index (χ0n) is 16.4. The van der Waals surface area contributed by atoms with Crippen LogP contribution in [0, 0.1) is 12.7 Å². The minimum Gasteiger partial charge on any atom is -0.378 e. The molecule has 3 aromatic carbocycles. The van der Waals surface area contributed by atoms with Gasteiger partial charge in [0.25, 0.3) is 0 Å². The molecule has 0 saturated heterocycles. The molecule has 0 atom stereocenters. The van der Waals surface area contributed by atoms with E-state index in [0.717, 1.165) is 17.7 Å². The molecule has 1 amide bonds. The summed E-state index contributed by atoms with van der Waals surface area (Å²) >= 11 is 5.89. The molecule has 0 bridgehead atoms. The summed E-state index contributed by atoms with van der Waals surface area (Å²) < 4.78 is 43.9. The molecule has 0 aliphatic carbocycles. The fourth-order valence-corrected chi connectivity index (χ4v) is 3.76. The Balaban J connectivity index is 1.73. The van der Waals surface area contributed by atoms with E-state index in [2.05, 4.69) is 10.5 Å². The van der Waals surface area contributed by atoms with Crippen molar-refractivity contribution in [1.29, 1.82) is 0 Å². The van der Waals surface area contributed by atoms with Crippen LogP contribution < -0.4 is 9.61 Å². The molecule has 6 nitrogen and oxygen atoms in total. The molecule has 9 heteroatoms. The standard InChI is InChI=1S/C22H18ClFN2O4S/c1-15-5-9-20(10-6-15)31(28,29)30-21-13-19(24)8-7-17(21)14-25-26-22(27)12-16-3-2-4-18(23)11-16/h2-11,13-14H,12H2,1H3,(H,26,27)/b25-14+. The predicted octanol–water partition coefficient (Wildman–Crippen LogP) is 4.25. The van der Waals surface area contributed by atoms with Crippen molar-refractivity contribution in [2.45, 2.75) is 18.2 Å². The predicted molar refractivity (Wildman–Crippen MR) is 116 cm³/mol. The lowest BCUT2D eigenvalue weighted by atomic mass is 10.1. The van der Waals surface area contributed by atoms with Crippen molar-refractivity contribution in [2.75, 3.05) is 0 Å². The summed E-state index contributed by atoms with van der Waals surface area (Å²) in [5.74, 6) is -1.35. The molecular formula is C22H18ClFN2O4S. The van der Waals surface area contributed by atoms with Crippen LogP contribution in [0.5, 0.6) is 5.75 Å². The van der Waals surface area contributed by atoms with E-state index >= 15 is 0 Å². The number of hydrazone groups is 1. The van der Waals surface area contributed by atoms with Crippen molar-refractivity contribution in [1.82, 2.24) is 5.43 Å². The lowest BCUT2D eigenvalue weighted by Crippen LogP contribution is -2.19. The van der Waals surface area contributed by atoms with Gasteiger partial charge in [-0.1, -0.05) is 41.4 Å². The Bertz CT molecular complexity index is 1230. The average Bonchev–Trinajstić information content (AvgIpc) is 2.70. The maximum absolute atomic E-state index is 13.7. The van der Waals surface area contributed by atoms with E-state index in [1.54, 1.807) is 36.4 Å². The zero-order chi connectivity index (χ0) is 22.4. The lowest BCUT2D eigenvalue weighted by molar-refractivity contribution is -0.120. The van der Waals surface area contributed by atoms with E-state index in [1.807, 2.05) is 6.92 Å². The van der Waals surface area contributed by atoms with Gasteiger partial charge in [-0.2, -0.15) is 13.5 Å². The summed E-state index contributed by atoms with van der Waals surface area (Å²) in [6.45, 7) is 1.82. The van der Waals surface area contributed by atoms with Crippen LogP contribution in [0.3, 0.4) is 0 Å². The normalized spacial score (nSPS) is 11.5. The number of nitrogens with one attached hydrogen (secondary N) is 1. The Morgan fingerprint density at radius 1 is 1.13 bits per heavy atom. The molecule has 0 saturated carbocycles. The number of carbonyl (C=O) groups is 1. The fourth-order valence-electron chi connectivity index (χ4n) is 2.60. The Morgan fingerprint density at radius 3 is 2.58 bits per heavy atom. The molecule has 3 rings (SSSR count). The molecule has 31 heavy (non-hydrogen) atoms. The molecule has 3 aromatic rings. The van der Waals surface area contributed by atoms with Crippen molar-refractivity contribution in [3.8, 4) is 5.75 Å². The second-order valence-electron chi connectivity index (χ2n) is 6.63. The Morgan fingerprint density at radius 2 is 1.87 bits per heavy atom. The third-order valence-corrected chi connectivity index (χ3v) is 5.61. The second kappa shape index (κ2) is 9.72. The smallest absolute Gasteiger partial charge is 0.339 e. The minimum absolute atomic E-state index is 0.0481. The van der Waals surface area contributed by atoms with Gasteiger partial charge in [0.2, 0.25) is 5.91 Å². The van der Waals surface area contributed by atoms with E-state index in [4.69, 9.17) is 15.8 Å². The van der Waals surface area contributed by atoms with Gasteiger partial charge in [-0.05, 0) is 48.9 Å². The molecule has 0 aromatic heterocycles. The molecule has 0 unspecified atom stereocenters. The third-order valence-electron chi connectivity index (χ3n) is 4.13. The van der Waals surface area contributed by atoms with Gasteiger partial charge < -0.3 is 4.18 Å². The van der Waals surface area contributed by atoms with Crippen molar-refractivity contribution in [2.24, 2.45) is 5.10 Å². The first-order valence-corrected chi connectivity index (χ1v) is 10.9. The Hall–Kier alpha value is -3.23. The van der Waals surface area contributed by atoms with Gasteiger partial charge in [-0.3, -0.25) is 4.79 Å². The maximum Gasteiger partial charge on any atom is 0.339 e. The number of halogens is 2. The van der Waals surface area contributed by atoms with Crippen LogP contribution in [0.25, 0.3) is 0 Å². The number of carbonyl (C=O) groups excluding carboxylic acids is 1. The number of hydrogen-bond acceptors (Lipinski definition) is 5. The first-order chi connectivity index (χ1) is 14.7. The number of amides is 1. The Labute approximate surface area is 184 Å². The van der Waals surface area contributed by atoms with E-state index in [1.165, 1.54) is 24.4 Å². The summed E-state index contributed by atoms with van der Waals surface area (Å²) in [6.07, 6.45) is 1.22. The van der Waals surface area contributed by atoms with Gasteiger partial charge in [0.1, 0.15) is 10.7 Å². The molecule has 0 aliphatic heterocycles. The van der Waals surface area contributed by atoms with Crippen LogP contribution in [0.15, 0.2) is 76.7 Å². The van der Waals surface area contributed by atoms with E-state index in [-0.39, 0.29) is 22.6 Å². The van der Waals surface area contributed by atoms with Gasteiger partial charge in [0.15, 0.2) is 5.75 Å². The number of aryl methyl sites for hydroxylation is 1. The van der Waals surface area contributed by atoms with Crippen molar-refractivity contribution in [3.63, 3.8) is 0 Å². The summed E-state index contributed by atoms with van der Waals surface area (Å²) in [4.78, 5) is 12.0. The largest absolute Gasteiger partial charge is 0.378 e. The topological polar surface area (TPSA) is 84.8 Å². The summed E-state index contributed by atoms with van der Waals surface area (Å²) in [5.41, 5.74) is 4.08. The van der Waals surface area contributed by atoms with Gasteiger partial charge in [-0.25, -0.2) is 9.82 Å². The summed E-state index contributed by atoms with van der Waals surface area (Å²) in [6, 6.07) is 16.2. The van der Waals surface area contributed by atoms with Gasteiger partial charge in [0, 0.05) is 16.7 Å². The van der Waals surface area contributed by atoms with Crippen molar-refractivity contribution >= 4 is 33.8 Å². The lowest BCUT2D eigenvalue weighted by Gasteiger charge is -2.10. The number of benzene rings is 3. The molecule has 0 aliphatic rings. The van der Waals surface area contributed by atoms with E-state index < -0.39 is 21.8 Å². The number of nitrogens with zero attached hydrogens (tertiary/aromatic N) is 1.